The largest absolute Gasteiger partial charge is 0.372 e. The van der Waals surface area contributed by atoms with Crippen molar-refractivity contribution in [3.63, 3.8) is 0 Å². The average molecular weight is 265 g/mol. The molecule has 3 nitrogen and oxygen atoms in total. The summed E-state index contributed by atoms with van der Waals surface area (Å²) in [6.07, 6.45) is 5.88. The van der Waals surface area contributed by atoms with Gasteiger partial charge in [0.2, 0.25) is 6.04 Å². The third-order valence-electron chi connectivity index (χ3n) is 4.79. The Labute approximate surface area is 117 Å². The molecule has 0 aliphatic carbocycles. The van der Waals surface area contributed by atoms with Crippen molar-refractivity contribution in [2.75, 3.05) is 0 Å². The zero-order valence-corrected chi connectivity index (χ0v) is 12.7. The number of rotatable bonds is 4. The Morgan fingerprint density at radius 1 is 1.32 bits per heavy atom. The Hall–Kier alpha value is -0.590. The molecule has 2 aliphatic heterocycles. The topological polar surface area (TPSA) is 22.8 Å². The van der Waals surface area contributed by atoms with Gasteiger partial charge in [-0.15, -0.1) is 0 Å². The minimum atomic E-state index is -0.0837. The van der Waals surface area contributed by atoms with E-state index in [4.69, 9.17) is 16.0 Å². The van der Waals surface area contributed by atoms with Crippen LogP contribution in [0.1, 0.15) is 59.8 Å². The lowest BCUT2D eigenvalue weighted by Crippen LogP contribution is -2.48. The van der Waals surface area contributed by atoms with Gasteiger partial charge in [-0.2, -0.15) is 0 Å². The highest BCUT2D eigenvalue weighted by Crippen LogP contribution is 2.46. The van der Waals surface area contributed by atoms with Gasteiger partial charge in [0.25, 0.3) is 0 Å². The summed E-state index contributed by atoms with van der Waals surface area (Å²) in [6.45, 7) is 15.8. The summed E-state index contributed by atoms with van der Waals surface area (Å²) >= 11 is 0. The fraction of sp³-hybridized carbons (Fsp3) is 0.938. The van der Waals surface area contributed by atoms with Crippen LogP contribution in [0.3, 0.4) is 0 Å². The monoisotopic (exact) mass is 265 g/mol. The van der Waals surface area contributed by atoms with Gasteiger partial charge in [-0.1, -0.05) is 20.8 Å². The summed E-state index contributed by atoms with van der Waals surface area (Å²) in [7, 11) is 0. The Morgan fingerprint density at radius 3 is 2.63 bits per heavy atom. The van der Waals surface area contributed by atoms with Gasteiger partial charge in [0.05, 0.1) is 23.9 Å². The summed E-state index contributed by atoms with van der Waals surface area (Å²) in [5.41, 5.74) is -0.0837. The van der Waals surface area contributed by atoms with E-state index < -0.39 is 0 Å². The first kappa shape index (κ1) is 14.8. The van der Waals surface area contributed by atoms with Crippen molar-refractivity contribution in [1.29, 1.82) is 0 Å². The van der Waals surface area contributed by atoms with Gasteiger partial charge < -0.3 is 14.3 Å². The molecular formula is C16H27NO2. The standard InChI is InChI=1S/C16H27NO2/c1-6-16-10-14(11(2)3)18-15(16)8-7-13(19-16)9-12(4)17-5/h11-15H,6-10H2,1-4H3/t12-,13+,14+,15-,16-/m0/s1. The SMILES string of the molecule is [C-]#[N+][C@@H](C)C[C@H]1CC[C@@H]2O[C@@H](C(C)C)C[C@]2(CC)O1. The molecule has 0 spiro atoms. The van der Waals surface area contributed by atoms with Crippen molar-refractivity contribution in [3.8, 4) is 0 Å². The quantitative estimate of drug-likeness (QED) is 0.721. The summed E-state index contributed by atoms with van der Waals surface area (Å²) in [6, 6.07) is 0.0682. The van der Waals surface area contributed by atoms with Crippen LogP contribution < -0.4 is 0 Å². The van der Waals surface area contributed by atoms with E-state index in [1.165, 1.54) is 0 Å². The Morgan fingerprint density at radius 2 is 2.05 bits per heavy atom. The van der Waals surface area contributed by atoms with Crippen LogP contribution in [0.4, 0.5) is 0 Å². The first-order valence-corrected chi connectivity index (χ1v) is 7.70. The van der Waals surface area contributed by atoms with Crippen molar-refractivity contribution >= 4 is 0 Å². The van der Waals surface area contributed by atoms with Crippen molar-refractivity contribution in [1.82, 2.24) is 0 Å². The molecule has 0 N–H and O–H groups in total. The van der Waals surface area contributed by atoms with Gasteiger partial charge in [0.15, 0.2) is 0 Å². The molecular weight excluding hydrogens is 238 g/mol. The highest BCUT2D eigenvalue weighted by Gasteiger charge is 2.52. The maximum absolute atomic E-state index is 7.10. The molecule has 0 saturated carbocycles. The van der Waals surface area contributed by atoms with Crippen LogP contribution in [-0.2, 0) is 9.47 Å². The van der Waals surface area contributed by atoms with Gasteiger partial charge in [-0.05, 0) is 25.2 Å². The summed E-state index contributed by atoms with van der Waals surface area (Å²) in [5.74, 6) is 0.554. The van der Waals surface area contributed by atoms with E-state index in [0.29, 0.717) is 12.0 Å². The summed E-state index contributed by atoms with van der Waals surface area (Å²) < 4.78 is 12.6. The van der Waals surface area contributed by atoms with Crippen LogP contribution in [-0.4, -0.2) is 30.0 Å². The van der Waals surface area contributed by atoms with Crippen LogP contribution in [0, 0.1) is 12.5 Å². The Balaban J connectivity index is 2.04. The Bertz CT molecular complexity index is 349. The lowest BCUT2D eigenvalue weighted by Gasteiger charge is -2.41. The van der Waals surface area contributed by atoms with E-state index in [2.05, 4.69) is 25.6 Å². The molecule has 0 aromatic carbocycles. The fourth-order valence-corrected chi connectivity index (χ4v) is 3.49. The van der Waals surface area contributed by atoms with Gasteiger partial charge in [-0.25, -0.2) is 6.57 Å². The molecule has 0 bridgehead atoms. The molecule has 0 aromatic rings. The number of ether oxygens (including phenoxy) is 2. The van der Waals surface area contributed by atoms with Crippen LogP contribution in [0.2, 0.25) is 0 Å². The second-order valence-corrected chi connectivity index (χ2v) is 6.56. The third-order valence-corrected chi connectivity index (χ3v) is 4.79. The van der Waals surface area contributed by atoms with Gasteiger partial charge >= 0.3 is 0 Å². The maximum Gasteiger partial charge on any atom is 0.223 e. The molecule has 2 saturated heterocycles. The van der Waals surface area contributed by atoms with Crippen molar-refractivity contribution in [2.45, 2.75) is 89.8 Å². The van der Waals surface area contributed by atoms with Gasteiger partial charge in [0, 0.05) is 19.8 Å². The zero-order chi connectivity index (χ0) is 14.0. The lowest BCUT2D eigenvalue weighted by molar-refractivity contribution is -0.169. The molecule has 19 heavy (non-hydrogen) atoms. The first-order chi connectivity index (χ1) is 9.00. The van der Waals surface area contributed by atoms with E-state index >= 15 is 0 Å². The van der Waals surface area contributed by atoms with Gasteiger partial charge in [0.1, 0.15) is 0 Å². The molecule has 0 amide bonds. The van der Waals surface area contributed by atoms with Gasteiger partial charge in [-0.3, -0.25) is 0 Å². The lowest BCUT2D eigenvalue weighted by atomic mass is 9.82. The van der Waals surface area contributed by atoms with Crippen LogP contribution in [0.15, 0.2) is 0 Å². The van der Waals surface area contributed by atoms with E-state index in [1.807, 2.05) is 6.92 Å². The number of hydrogen-bond acceptors (Lipinski definition) is 2. The fourth-order valence-electron chi connectivity index (χ4n) is 3.49. The van der Waals surface area contributed by atoms with E-state index in [1.54, 1.807) is 0 Å². The molecule has 3 heteroatoms. The minimum absolute atomic E-state index is 0.0682. The molecule has 0 aromatic heterocycles. The number of fused-ring (bicyclic) bond motifs is 1. The highest BCUT2D eigenvalue weighted by molar-refractivity contribution is 5.01. The minimum Gasteiger partial charge on any atom is -0.372 e. The molecule has 5 atom stereocenters. The molecule has 2 aliphatic rings. The summed E-state index contributed by atoms with van der Waals surface area (Å²) in [5, 5.41) is 0. The second-order valence-electron chi connectivity index (χ2n) is 6.56. The predicted octanol–water partition coefficient (Wildman–Crippen LogP) is 3.83. The van der Waals surface area contributed by atoms with E-state index in [0.717, 1.165) is 32.1 Å². The molecule has 2 fully saturated rings. The van der Waals surface area contributed by atoms with Crippen LogP contribution >= 0.6 is 0 Å². The zero-order valence-electron chi connectivity index (χ0n) is 12.7. The van der Waals surface area contributed by atoms with Crippen molar-refractivity contribution in [3.05, 3.63) is 11.4 Å². The highest BCUT2D eigenvalue weighted by atomic mass is 16.6. The normalized spacial score (nSPS) is 39.9. The molecule has 0 radical (unpaired) electrons. The van der Waals surface area contributed by atoms with Crippen molar-refractivity contribution < 1.29 is 9.47 Å². The first-order valence-electron chi connectivity index (χ1n) is 7.70. The summed E-state index contributed by atoms with van der Waals surface area (Å²) in [4.78, 5) is 3.60. The molecule has 108 valence electrons. The maximum atomic E-state index is 7.10. The molecule has 2 rings (SSSR count). The molecule has 0 unspecified atom stereocenters. The van der Waals surface area contributed by atoms with E-state index in [-0.39, 0.29) is 23.9 Å². The predicted molar refractivity (Wildman–Crippen MR) is 75.9 cm³/mol. The van der Waals surface area contributed by atoms with Crippen LogP contribution in [0.25, 0.3) is 4.85 Å². The van der Waals surface area contributed by atoms with Crippen molar-refractivity contribution in [2.24, 2.45) is 5.92 Å². The van der Waals surface area contributed by atoms with Crippen LogP contribution in [0.5, 0.6) is 0 Å². The van der Waals surface area contributed by atoms with E-state index in [9.17, 15) is 0 Å². The average Bonchev–Trinajstić information content (AvgIpc) is 2.78. The Kier molecular flexibility index (Phi) is 4.53. The second kappa shape index (κ2) is 5.81. The number of hydrogen-bond donors (Lipinski definition) is 0. The molecule has 2 heterocycles. The smallest absolute Gasteiger partial charge is 0.223 e. The number of nitrogens with zero attached hydrogens (tertiary/aromatic N) is 1. The third kappa shape index (κ3) is 2.95.